The fraction of sp³-hybridized carbons (Fsp3) is 0.318. The number of anilines is 3. The molecule has 0 bridgehead atoms. The minimum Gasteiger partial charge on any atom is -0.326 e. The maximum absolute atomic E-state index is 12.7. The molecule has 2 heterocycles. The lowest BCUT2D eigenvalue weighted by molar-refractivity contribution is -0.122. The Labute approximate surface area is 174 Å². The van der Waals surface area contributed by atoms with Gasteiger partial charge in [-0.1, -0.05) is 11.6 Å². The molecule has 3 amide bonds. The summed E-state index contributed by atoms with van der Waals surface area (Å²) >= 11 is 5.97. The largest absolute Gasteiger partial charge is 0.326 e. The summed E-state index contributed by atoms with van der Waals surface area (Å²) in [7, 11) is 0. The monoisotopic (exact) mass is 411 g/mol. The molecule has 7 heteroatoms. The maximum Gasteiger partial charge on any atom is 0.229 e. The molecule has 0 spiro atoms. The Morgan fingerprint density at radius 3 is 2.69 bits per heavy atom. The highest BCUT2D eigenvalue weighted by molar-refractivity contribution is 6.30. The van der Waals surface area contributed by atoms with Crippen LogP contribution in [0.15, 0.2) is 36.4 Å². The van der Waals surface area contributed by atoms with Crippen LogP contribution < -0.4 is 15.1 Å². The zero-order valence-electron chi connectivity index (χ0n) is 16.4. The van der Waals surface area contributed by atoms with Gasteiger partial charge in [0.25, 0.3) is 0 Å². The van der Waals surface area contributed by atoms with Gasteiger partial charge in [0.05, 0.1) is 5.92 Å². The van der Waals surface area contributed by atoms with Gasteiger partial charge >= 0.3 is 0 Å². The van der Waals surface area contributed by atoms with Crippen molar-refractivity contribution in [2.45, 2.75) is 26.7 Å². The number of hydrogen-bond donors (Lipinski definition) is 1. The SMILES string of the molecule is CC(=O)N1CCc2cc(N3C[C@H](C(=O)Nc4ccc(Cl)cc4C)CC3=O)ccc21. The molecular weight excluding hydrogens is 390 g/mol. The van der Waals surface area contributed by atoms with Gasteiger partial charge in [0.2, 0.25) is 17.7 Å². The molecule has 1 saturated heterocycles. The summed E-state index contributed by atoms with van der Waals surface area (Å²) in [6.45, 7) is 4.43. The summed E-state index contributed by atoms with van der Waals surface area (Å²) < 4.78 is 0. The number of aryl methyl sites for hydroxylation is 1. The highest BCUT2D eigenvalue weighted by Gasteiger charge is 2.36. The molecule has 2 aromatic carbocycles. The Morgan fingerprint density at radius 2 is 1.97 bits per heavy atom. The molecule has 6 nitrogen and oxygen atoms in total. The molecule has 2 aliphatic heterocycles. The van der Waals surface area contributed by atoms with Crippen molar-refractivity contribution in [3.05, 3.63) is 52.5 Å². The molecule has 1 fully saturated rings. The third-order valence-corrected chi connectivity index (χ3v) is 5.83. The summed E-state index contributed by atoms with van der Waals surface area (Å²) in [4.78, 5) is 40.4. The Balaban J connectivity index is 1.48. The highest BCUT2D eigenvalue weighted by Crippen LogP contribution is 2.34. The summed E-state index contributed by atoms with van der Waals surface area (Å²) in [5.41, 5.74) is 4.31. The molecule has 1 N–H and O–H groups in total. The quantitative estimate of drug-likeness (QED) is 0.839. The Kier molecular flexibility index (Phi) is 5.04. The van der Waals surface area contributed by atoms with Crippen LogP contribution in [0.5, 0.6) is 0 Å². The second-order valence-corrected chi connectivity index (χ2v) is 8.02. The van der Waals surface area contributed by atoms with E-state index in [-0.39, 0.29) is 24.1 Å². The van der Waals surface area contributed by atoms with Gasteiger partial charge in [-0.15, -0.1) is 0 Å². The van der Waals surface area contributed by atoms with E-state index in [4.69, 9.17) is 11.6 Å². The van der Waals surface area contributed by atoms with Gasteiger partial charge in [0.1, 0.15) is 0 Å². The zero-order chi connectivity index (χ0) is 20.7. The number of nitrogens with one attached hydrogen (secondary N) is 1. The predicted octanol–water partition coefficient (Wildman–Crippen LogP) is 3.55. The Bertz CT molecular complexity index is 1020. The van der Waals surface area contributed by atoms with Crippen LogP contribution in [0, 0.1) is 12.8 Å². The van der Waals surface area contributed by atoms with Crippen molar-refractivity contribution in [2.75, 3.05) is 28.2 Å². The molecule has 1 atom stereocenters. The number of carbonyl (C=O) groups is 3. The standard InChI is InChI=1S/C22H22ClN3O3/c1-13-9-17(23)3-5-19(13)24-22(29)16-11-21(28)26(12-16)18-4-6-20-15(10-18)7-8-25(20)14(2)27/h3-6,9-10,16H,7-8,11-12H2,1-2H3,(H,24,29)/t16-/m1/s1. The van der Waals surface area contributed by atoms with Gasteiger partial charge in [0, 0.05) is 48.5 Å². The number of carbonyl (C=O) groups excluding carboxylic acids is 3. The van der Waals surface area contributed by atoms with Gasteiger partial charge in [-0.25, -0.2) is 0 Å². The van der Waals surface area contributed by atoms with Crippen LogP contribution >= 0.6 is 11.6 Å². The second kappa shape index (κ2) is 7.52. The van der Waals surface area contributed by atoms with Crippen LogP contribution in [-0.4, -0.2) is 30.8 Å². The van der Waals surface area contributed by atoms with E-state index in [0.29, 0.717) is 23.8 Å². The molecular formula is C22H22ClN3O3. The molecule has 0 saturated carbocycles. The maximum atomic E-state index is 12.7. The third kappa shape index (κ3) is 3.72. The first-order chi connectivity index (χ1) is 13.8. The molecule has 0 aliphatic carbocycles. The van der Waals surface area contributed by atoms with E-state index in [0.717, 1.165) is 28.9 Å². The van der Waals surface area contributed by atoms with Crippen molar-refractivity contribution in [3.63, 3.8) is 0 Å². The first-order valence-corrected chi connectivity index (χ1v) is 9.99. The van der Waals surface area contributed by atoms with Crippen LogP contribution in [0.1, 0.15) is 24.5 Å². The van der Waals surface area contributed by atoms with Crippen LogP contribution in [0.25, 0.3) is 0 Å². The van der Waals surface area contributed by atoms with Crippen LogP contribution in [0.3, 0.4) is 0 Å². The Morgan fingerprint density at radius 1 is 1.17 bits per heavy atom. The fourth-order valence-electron chi connectivity index (χ4n) is 4.02. The van der Waals surface area contributed by atoms with E-state index in [2.05, 4.69) is 5.32 Å². The van der Waals surface area contributed by atoms with Gasteiger partial charge in [0.15, 0.2) is 0 Å². The molecule has 2 aromatic rings. The van der Waals surface area contributed by atoms with Gasteiger partial charge in [-0.3, -0.25) is 14.4 Å². The second-order valence-electron chi connectivity index (χ2n) is 7.59. The predicted molar refractivity (Wildman–Crippen MR) is 113 cm³/mol. The van der Waals surface area contributed by atoms with E-state index in [1.54, 1.807) is 34.9 Å². The first kappa shape index (κ1) is 19.5. The molecule has 29 heavy (non-hydrogen) atoms. The van der Waals surface area contributed by atoms with E-state index in [1.807, 2.05) is 25.1 Å². The van der Waals surface area contributed by atoms with Gasteiger partial charge in [-0.2, -0.15) is 0 Å². The number of hydrogen-bond acceptors (Lipinski definition) is 3. The fourth-order valence-corrected chi connectivity index (χ4v) is 4.24. The molecule has 4 rings (SSSR count). The highest BCUT2D eigenvalue weighted by atomic mass is 35.5. The molecule has 0 aromatic heterocycles. The summed E-state index contributed by atoms with van der Waals surface area (Å²) in [5.74, 6) is -0.642. The minimum atomic E-state index is -0.417. The average Bonchev–Trinajstić information content (AvgIpc) is 3.27. The number of benzene rings is 2. The normalized spacial score (nSPS) is 18.2. The topological polar surface area (TPSA) is 69.7 Å². The first-order valence-electron chi connectivity index (χ1n) is 9.62. The van der Waals surface area contributed by atoms with Crippen molar-refractivity contribution in [2.24, 2.45) is 5.92 Å². The van der Waals surface area contributed by atoms with Crippen LogP contribution in [0.4, 0.5) is 17.1 Å². The number of rotatable bonds is 3. The zero-order valence-corrected chi connectivity index (χ0v) is 17.1. The smallest absolute Gasteiger partial charge is 0.229 e. The Hall–Kier alpha value is -2.86. The van der Waals surface area contributed by atoms with E-state index >= 15 is 0 Å². The lowest BCUT2D eigenvalue weighted by atomic mass is 10.1. The van der Waals surface area contributed by atoms with E-state index < -0.39 is 5.92 Å². The lowest BCUT2D eigenvalue weighted by Crippen LogP contribution is -2.28. The van der Waals surface area contributed by atoms with Gasteiger partial charge in [-0.05, 0) is 60.9 Å². The number of amides is 3. The summed E-state index contributed by atoms with van der Waals surface area (Å²) in [5, 5.41) is 3.52. The lowest BCUT2D eigenvalue weighted by Gasteiger charge is -2.19. The molecule has 150 valence electrons. The molecule has 0 radical (unpaired) electrons. The number of nitrogens with zero attached hydrogens (tertiary/aromatic N) is 2. The molecule has 2 aliphatic rings. The number of fused-ring (bicyclic) bond motifs is 1. The van der Waals surface area contributed by atoms with Crippen LogP contribution in [0.2, 0.25) is 5.02 Å². The average molecular weight is 412 g/mol. The summed E-state index contributed by atoms with van der Waals surface area (Å²) in [6.07, 6.45) is 0.944. The van der Waals surface area contributed by atoms with Crippen molar-refractivity contribution in [1.29, 1.82) is 0 Å². The van der Waals surface area contributed by atoms with E-state index in [9.17, 15) is 14.4 Å². The van der Waals surface area contributed by atoms with Crippen molar-refractivity contribution < 1.29 is 14.4 Å². The third-order valence-electron chi connectivity index (χ3n) is 5.59. The van der Waals surface area contributed by atoms with Crippen molar-refractivity contribution in [1.82, 2.24) is 0 Å². The number of halogens is 1. The minimum absolute atomic E-state index is 0.0166. The molecule has 0 unspecified atom stereocenters. The summed E-state index contributed by atoms with van der Waals surface area (Å²) in [6, 6.07) is 11.0. The van der Waals surface area contributed by atoms with Gasteiger partial charge < -0.3 is 15.1 Å². The van der Waals surface area contributed by atoms with E-state index in [1.165, 1.54) is 0 Å². The van der Waals surface area contributed by atoms with Crippen molar-refractivity contribution >= 4 is 46.4 Å². The van der Waals surface area contributed by atoms with Crippen molar-refractivity contribution in [3.8, 4) is 0 Å². The van der Waals surface area contributed by atoms with Crippen LogP contribution in [-0.2, 0) is 20.8 Å².